The Labute approximate surface area is 135 Å². The van der Waals surface area contributed by atoms with Crippen molar-refractivity contribution in [1.82, 2.24) is 5.32 Å². The topological polar surface area (TPSA) is 47.6 Å². The van der Waals surface area contributed by atoms with E-state index >= 15 is 0 Å². The third kappa shape index (κ3) is 4.71. The van der Waals surface area contributed by atoms with Gasteiger partial charge in [-0.3, -0.25) is 4.79 Å². The minimum atomic E-state index is -0.488. The van der Waals surface area contributed by atoms with Gasteiger partial charge < -0.3 is 14.8 Å². The number of hydrogen-bond acceptors (Lipinski definition) is 3. The second-order valence-electron chi connectivity index (χ2n) is 5.00. The number of amides is 1. The minimum absolute atomic E-state index is 0.0632. The highest BCUT2D eigenvalue weighted by Gasteiger charge is 2.09. The van der Waals surface area contributed by atoms with E-state index < -0.39 is 5.82 Å². The number of benzene rings is 2. The first-order chi connectivity index (χ1) is 11.1. The van der Waals surface area contributed by atoms with Crippen LogP contribution < -0.4 is 14.8 Å². The van der Waals surface area contributed by atoms with Gasteiger partial charge in [0.2, 0.25) is 0 Å². The van der Waals surface area contributed by atoms with Crippen LogP contribution in [0.2, 0.25) is 0 Å². The van der Waals surface area contributed by atoms with E-state index in [9.17, 15) is 9.18 Å². The summed E-state index contributed by atoms with van der Waals surface area (Å²) in [6, 6.07) is 11.9. The van der Waals surface area contributed by atoms with Crippen molar-refractivity contribution in [3.05, 3.63) is 59.4 Å². The Kier molecular flexibility index (Phi) is 5.97. The second-order valence-corrected chi connectivity index (χ2v) is 5.00. The number of carbonyl (C=O) groups excluding carboxylic acids is 1. The predicted octanol–water partition coefficient (Wildman–Crippen LogP) is 3.09. The third-order valence-corrected chi connectivity index (χ3v) is 3.42. The lowest BCUT2D eigenvalue weighted by molar-refractivity contribution is -0.123. The zero-order valence-electron chi connectivity index (χ0n) is 13.3. The normalized spacial score (nSPS) is 10.2. The van der Waals surface area contributed by atoms with E-state index in [-0.39, 0.29) is 18.3 Å². The van der Waals surface area contributed by atoms with Crippen LogP contribution in [0.4, 0.5) is 4.39 Å². The van der Waals surface area contributed by atoms with Crippen LogP contribution in [-0.2, 0) is 17.8 Å². The van der Waals surface area contributed by atoms with Gasteiger partial charge in [0.25, 0.3) is 5.91 Å². The van der Waals surface area contributed by atoms with Crippen LogP contribution in [-0.4, -0.2) is 19.6 Å². The first kappa shape index (κ1) is 16.8. The molecule has 2 aromatic carbocycles. The maximum atomic E-state index is 13.4. The maximum absolute atomic E-state index is 13.4. The summed E-state index contributed by atoms with van der Waals surface area (Å²) in [5, 5.41) is 2.75. The van der Waals surface area contributed by atoms with Crippen LogP contribution in [0.3, 0.4) is 0 Å². The van der Waals surface area contributed by atoms with Gasteiger partial charge in [-0.25, -0.2) is 4.39 Å². The average molecular weight is 317 g/mol. The second kappa shape index (κ2) is 8.17. The van der Waals surface area contributed by atoms with E-state index in [1.54, 1.807) is 19.2 Å². The number of aryl methyl sites for hydroxylation is 1. The van der Waals surface area contributed by atoms with Crippen LogP contribution in [0.5, 0.6) is 11.5 Å². The fourth-order valence-electron chi connectivity index (χ4n) is 2.14. The summed E-state index contributed by atoms with van der Waals surface area (Å²) in [5.74, 6) is -0.0273. The molecular formula is C18H20FNO3. The molecule has 0 radical (unpaired) electrons. The van der Waals surface area contributed by atoms with E-state index in [1.807, 2.05) is 18.2 Å². The molecule has 2 rings (SSSR count). The molecule has 122 valence electrons. The van der Waals surface area contributed by atoms with Gasteiger partial charge in [0.1, 0.15) is 5.75 Å². The molecule has 0 aromatic heterocycles. The SMILES string of the molecule is CCc1ccc(OC)c(CNC(=O)COc2ccccc2F)c1. The molecule has 5 heteroatoms. The molecule has 0 fully saturated rings. The fraction of sp³-hybridized carbons (Fsp3) is 0.278. The number of rotatable bonds is 7. The summed E-state index contributed by atoms with van der Waals surface area (Å²) >= 11 is 0. The van der Waals surface area contributed by atoms with Crippen molar-refractivity contribution in [3.8, 4) is 11.5 Å². The average Bonchev–Trinajstić information content (AvgIpc) is 2.58. The van der Waals surface area contributed by atoms with Gasteiger partial charge >= 0.3 is 0 Å². The van der Waals surface area contributed by atoms with E-state index in [2.05, 4.69) is 12.2 Å². The predicted molar refractivity (Wildman–Crippen MR) is 86.1 cm³/mol. The van der Waals surface area contributed by atoms with Crippen molar-refractivity contribution < 1.29 is 18.7 Å². The number of halogens is 1. The van der Waals surface area contributed by atoms with Gasteiger partial charge in [-0.2, -0.15) is 0 Å². The molecule has 0 bridgehead atoms. The first-order valence-electron chi connectivity index (χ1n) is 7.43. The third-order valence-electron chi connectivity index (χ3n) is 3.42. The number of methoxy groups -OCH3 is 1. The molecule has 1 amide bonds. The summed E-state index contributed by atoms with van der Waals surface area (Å²) in [5.41, 5.74) is 2.06. The van der Waals surface area contributed by atoms with E-state index in [1.165, 1.54) is 12.1 Å². The number of ether oxygens (including phenoxy) is 2. The lowest BCUT2D eigenvalue weighted by Crippen LogP contribution is -2.28. The molecule has 4 nitrogen and oxygen atoms in total. The molecule has 0 saturated heterocycles. The van der Waals surface area contributed by atoms with Gasteiger partial charge in [0.05, 0.1) is 7.11 Å². The Morgan fingerprint density at radius 3 is 2.65 bits per heavy atom. The number of nitrogens with one attached hydrogen (secondary N) is 1. The van der Waals surface area contributed by atoms with Crippen LogP contribution in [0.1, 0.15) is 18.1 Å². The molecule has 0 aliphatic heterocycles. The standard InChI is InChI=1S/C18H20FNO3/c1-3-13-8-9-16(22-2)14(10-13)11-20-18(21)12-23-17-7-5-4-6-15(17)19/h4-10H,3,11-12H2,1-2H3,(H,20,21). The quantitative estimate of drug-likeness (QED) is 0.853. The summed E-state index contributed by atoms with van der Waals surface area (Å²) in [7, 11) is 1.59. The van der Waals surface area contributed by atoms with Crippen LogP contribution in [0.25, 0.3) is 0 Å². The molecule has 0 aliphatic carbocycles. The minimum Gasteiger partial charge on any atom is -0.496 e. The maximum Gasteiger partial charge on any atom is 0.258 e. The molecule has 0 spiro atoms. The summed E-state index contributed by atoms with van der Waals surface area (Å²) in [4.78, 5) is 11.9. The van der Waals surface area contributed by atoms with Crippen LogP contribution >= 0.6 is 0 Å². The van der Waals surface area contributed by atoms with Crippen molar-refractivity contribution in [2.24, 2.45) is 0 Å². The molecule has 23 heavy (non-hydrogen) atoms. The van der Waals surface area contributed by atoms with Gasteiger partial charge in [-0.15, -0.1) is 0 Å². The number of para-hydroxylation sites is 1. The summed E-state index contributed by atoms with van der Waals surface area (Å²) < 4.78 is 23.9. The Balaban J connectivity index is 1.90. The van der Waals surface area contributed by atoms with Crippen molar-refractivity contribution in [1.29, 1.82) is 0 Å². The van der Waals surface area contributed by atoms with Gasteiger partial charge in [-0.05, 0) is 30.2 Å². The Morgan fingerprint density at radius 1 is 1.17 bits per heavy atom. The molecule has 0 saturated carbocycles. The Bertz CT molecular complexity index is 673. The number of hydrogen-bond donors (Lipinski definition) is 1. The highest BCUT2D eigenvalue weighted by Crippen LogP contribution is 2.20. The van der Waals surface area contributed by atoms with Crippen molar-refractivity contribution in [2.75, 3.05) is 13.7 Å². The molecule has 0 heterocycles. The highest BCUT2D eigenvalue weighted by atomic mass is 19.1. The molecule has 0 atom stereocenters. The first-order valence-corrected chi connectivity index (χ1v) is 7.43. The van der Waals surface area contributed by atoms with Crippen LogP contribution in [0, 0.1) is 5.82 Å². The Hall–Kier alpha value is -2.56. The molecule has 2 aromatic rings. The molecule has 0 aliphatic rings. The zero-order chi connectivity index (χ0) is 16.7. The Morgan fingerprint density at radius 2 is 1.96 bits per heavy atom. The lowest BCUT2D eigenvalue weighted by Gasteiger charge is -2.12. The lowest BCUT2D eigenvalue weighted by atomic mass is 10.1. The van der Waals surface area contributed by atoms with E-state index in [0.717, 1.165) is 23.3 Å². The van der Waals surface area contributed by atoms with Gasteiger partial charge in [0, 0.05) is 12.1 Å². The van der Waals surface area contributed by atoms with Gasteiger partial charge in [0.15, 0.2) is 18.2 Å². The smallest absolute Gasteiger partial charge is 0.258 e. The van der Waals surface area contributed by atoms with Crippen molar-refractivity contribution in [3.63, 3.8) is 0 Å². The highest BCUT2D eigenvalue weighted by molar-refractivity contribution is 5.77. The van der Waals surface area contributed by atoms with Crippen LogP contribution in [0.15, 0.2) is 42.5 Å². The number of carbonyl (C=O) groups is 1. The van der Waals surface area contributed by atoms with Gasteiger partial charge in [-0.1, -0.05) is 31.2 Å². The summed E-state index contributed by atoms with van der Waals surface area (Å²) in [6.45, 7) is 2.15. The van der Waals surface area contributed by atoms with Crippen molar-refractivity contribution in [2.45, 2.75) is 19.9 Å². The summed E-state index contributed by atoms with van der Waals surface area (Å²) in [6.07, 6.45) is 0.904. The van der Waals surface area contributed by atoms with E-state index in [4.69, 9.17) is 9.47 Å². The largest absolute Gasteiger partial charge is 0.496 e. The molecule has 0 unspecified atom stereocenters. The fourth-order valence-corrected chi connectivity index (χ4v) is 2.14. The van der Waals surface area contributed by atoms with E-state index in [0.29, 0.717) is 6.54 Å². The molecular weight excluding hydrogens is 297 g/mol. The van der Waals surface area contributed by atoms with Crippen molar-refractivity contribution >= 4 is 5.91 Å². The monoisotopic (exact) mass is 317 g/mol. The zero-order valence-corrected chi connectivity index (χ0v) is 13.3. The molecule has 1 N–H and O–H groups in total.